The van der Waals surface area contributed by atoms with E-state index in [9.17, 15) is 5.11 Å². The van der Waals surface area contributed by atoms with Crippen LogP contribution in [0.3, 0.4) is 0 Å². The maximum absolute atomic E-state index is 9.77. The Morgan fingerprint density at radius 1 is 1.52 bits per heavy atom. The first-order valence-electron chi connectivity index (χ1n) is 6.96. The summed E-state index contributed by atoms with van der Waals surface area (Å²) in [7, 11) is 1.61. The molecule has 6 nitrogen and oxygen atoms in total. The normalized spacial score (nSPS) is 24.5. The molecule has 5 N–H and O–H groups in total. The van der Waals surface area contributed by atoms with Crippen LogP contribution in [0.5, 0.6) is 5.75 Å². The van der Waals surface area contributed by atoms with Crippen LogP contribution < -0.4 is 15.8 Å². The molecule has 0 amide bonds. The fourth-order valence-corrected chi connectivity index (χ4v) is 2.62. The van der Waals surface area contributed by atoms with Gasteiger partial charge < -0.3 is 26.1 Å². The van der Waals surface area contributed by atoms with E-state index in [1.165, 1.54) is 0 Å². The lowest BCUT2D eigenvalue weighted by molar-refractivity contribution is -0.0730. The molecule has 1 aliphatic carbocycles. The SMILES string of the molecule is COc1ccc(/C(N)=N/O)cc1CNC1CC(O)C1(C)C. The van der Waals surface area contributed by atoms with Crippen molar-refractivity contribution >= 4 is 5.84 Å². The van der Waals surface area contributed by atoms with Crippen LogP contribution in [-0.2, 0) is 6.54 Å². The molecule has 6 heteroatoms. The summed E-state index contributed by atoms with van der Waals surface area (Å²) in [5, 5.41) is 25.0. The molecule has 0 saturated heterocycles. The average Bonchev–Trinajstić information content (AvgIpc) is 2.50. The summed E-state index contributed by atoms with van der Waals surface area (Å²) >= 11 is 0. The third-order valence-corrected chi connectivity index (χ3v) is 4.44. The van der Waals surface area contributed by atoms with Gasteiger partial charge in [0.25, 0.3) is 0 Å². The largest absolute Gasteiger partial charge is 0.496 e. The van der Waals surface area contributed by atoms with Crippen molar-refractivity contribution < 1.29 is 15.1 Å². The summed E-state index contributed by atoms with van der Waals surface area (Å²) in [5.74, 6) is 0.813. The predicted molar refractivity (Wildman–Crippen MR) is 80.5 cm³/mol. The molecule has 2 unspecified atom stereocenters. The Hall–Kier alpha value is -1.79. The molecule has 2 rings (SSSR count). The summed E-state index contributed by atoms with van der Waals surface area (Å²) < 4.78 is 5.34. The highest BCUT2D eigenvalue weighted by Gasteiger charge is 2.46. The molecule has 0 heterocycles. The summed E-state index contributed by atoms with van der Waals surface area (Å²) in [4.78, 5) is 0. The first kappa shape index (κ1) is 15.6. The summed E-state index contributed by atoms with van der Waals surface area (Å²) in [6.45, 7) is 4.68. The molecule has 1 saturated carbocycles. The van der Waals surface area contributed by atoms with Gasteiger partial charge in [-0.25, -0.2) is 0 Å². The first-order valence-corrected chi connectivity index (χ1v) is 6.96. The van der Waals surface area contributed by atoms with E-state index in [1.807, 2.05) is 19.9 Å². The summed E-state index contributed by atoms with van der Waals surface area (Å²) in [6, 6.07) is 5.63. The minimum atomic E-state index is -0.264. The highest BCUT2D eigenvalue weighted by Crippen LogP contribution is 2.40. The van der Waals surface area contributed by atoms with Gasteiger partial charge in [-0.2, -0.15) is 0 Å². The molecule has 1 aromatic rings. The number of methoxy groups -OCH3 is 1. The standard InChI is InChI=1S/C15H23N3O3/c1-15(2)12(7-13(15)19)17-8-10-6-9(14(16)18-20)4-5-11(10)21-3/h4-6,12-13,17,19-20H,7-8H2,1-3H3,(H2,16,18). The molecular formula is C15H23N3O3. The highest BCUT2D eigenvalue weighted by atomic mass is 16.5. The molecule has 1 aromatic carbocycles. The van der Waals surface area contributed by atoms with Crippen molar-refractivity contribution in [1.82, 2.24) is 5.32 Å². The van der Waals surface area contributed by atoms with Crippen LogP contribution in [0.15, 0.2) is 23.4 Å². The number of oxime groups is 1. The van der Waals surface area contributed by atoms with Crippen LogP contribution >= 0.6 is 0 Å². The molecule has 0 radical (unpaired) electrons. The van der Waals surface area contributed by atoms with Crippen molar-refractivity contribution in [1.29, 1.82) is 0 Å². The lowest BCUT2D eigenvalue weighted by Gasteiger charge is -2.49. The second-order valence-electron chi connectivity index (χ2n) is 6.02. The van der Waals surface area contributed by atoms with E-state index in [2.05, 4.69) is 10.5 Å². The van der Waals surface area contributed by atoms with Gasteiger partial charge in [-0.15, -0.1) is 0 Å². The number of aliphatic hydroxyl groups is 1. The predicted octanol–water partition coefficient (Wildman–Crippen LogP) is 1.04. The van der Waals surface area contributed by atoms with Gasteiger partial charge in [-0.3, -0.25) is 0 Å². The molecule has 1 aliphatic rings. The van der Waals surface area contributed by atoms with Crippen molar-refractivity contribution in [3.05, 3.63) is 29.3 Å². The molecule has 0 aromatic heterocycles. The van der Waals surface area contributed by atoms with Crippen molar-refractivity contribution in [2.45, 2.75) is 39.0 Å². The minimum Gasteiger partial charge on any atom is -0.496 e. The maximum Gasteiger partial charge on any atom is 0.170 e. The zero-order valence-electron chi connectivity index (χ0n) is 12.6. The van der Waals surface area contributed by atoms with Crippen molar-refractivity contribution in [2.75, 3.05) is 7.11 Å². The molecule has 0 spiro atoms. The van der Waals surface area contributed by atoms with Crippen molar-refractivity contribution in [3.63, 3.8) is 0 Å². The van der Waals surface area contributed by atoms with Crippen LogP contribution in [-0.4, -0.2) is 35.4 Å². The molecule has 21 heavy (non-hydrogen) atoms. The third kappa shape index (κ3) is 2.96. The summed E-state index contributed by atoms with van der Waals surface area (Å²) in [6.07, 6.45) is 0.482. The van der Waals surface area contributed by atoms with Crippen LogP contribution in [0.4, 0.5) is 0 Å². The second-order valence-corrected chi connectivity index (χ2v) is 6.02. The third-order valence-electron chi connectivity index (χ3n) is 4.44. The van der Waals surface area contributed by atoms with E-state index in [0.717, 1.165) is 17.7 Å². The number of nitrogens with two attached hydrogens (primary N) is 1. The van der Waals surface area contributed by atoms with Crippen molar-refractivity contribution in [3.8, 4) is 5.75 Å². The fraction of sp³-hybridized carbons (Fsp3) is 0.533. The smallest absolute Gasteiger partial charge is 0.170 e. The van der Waals surface area contributed by atoms with E-state index in [0.29, 0.717) is 12.1 Å². The molecule has 2 atom stereocenters. The Kier molecular flexibility index (Phi) is 4.39. The van der Waals surface area contributed by atoms with Gasteiger partial charge in [0.1, 0.15) is 5.75 Å². The van der Waals surface area contributed by atoms with Crippen LogP contribution in [0, 0.1) is 5.41 Å². The van der Waals surface area contributed by atoms with E-state index in [4.69, 9.17) is 15.7 Å². The Balaban J connectivity index is 2.11. The summed E-state index contributed by atoms with van der Waals surface area (Å²) in [5.41, 5.74) is 7.06. The first-order chi connectivity index (χ1) is 9.90. The van der Waals surface area contributed by atoms with Gasteiger partial charge in [0.05, 0.1) is 13.2 Å². The Bertz CT molecular complexity index is 543. The van der Waals surface area contributed by atoms with Gasteiger partial charge in [-0.05, 0) is 24.6 Å². The monoisotopic (exact) mass is 293 g/mol. The van der Waals surface area contributed by atoms with E-state index >= 15 is 0 Å². The fourth-order valence-electron chi connectivity index (χ4n) is 2.62. The Labute approximate surface area is 124 Å². The van der Waals surface area contributed by atoms with E-state index in [-0.39, 0.29) is 23.4 Å². The number of nitrogens with one attached hydrogen (secondary N) is 1. The number of aliphatic hydroxyl groups excluding tert-OH is 1. The minimum absolute atomic E-state index is 0.0679. The molecule has 0 aliphatic heterocycles. The lowest BCUT2D eigenvalue weighted by Crippen LogP contribution is -2.59. The van der Waals surface area contributed by atoms with Crippen LogP contribution in [0.2, 0.25) is 0 Å². The van der Waals surface area contributed by atoms with Crippen LogP contribution in [0.25, 0.3) is 0 Å². The van der Waals surface area contributed by atoms with Crippen LogP contribution in [0.1, 0.15) is 31.4 Å². The van der Waals surface area contributed by atoms with Gasteiger partial charge in [-0.1, -0.05) is 19.0 Å². The number of nitrogens with zero attached hydrogens (tertiary/aromatic N) is 1. The molecule has 0 bridgehead atoms. The quantitative estimate of drug-likeness (QED) is 0.281. The maximum atomic E-state index is 9.77. The van der Waals surface area contributed by atoms with Crippen molar-refractivity contribution in [2.24, 2.45) is 16.3 Å². The van der Waals surface area contributed by atoms with Gasteiger partial charge >= 0.3 is 0 Å². The topological polar surface area (TPSA) is 100 Å². The molecular weight excluding hydrogens is 270 g/mol. The Morgan fingerprint density at radius 3 is 2.76 bits per heavy atom. The number of rotatable bonds is 5. The number of hydrogen-bond acceptors (Lipinski definition) is 5. The second kappa shape index (κ2) is 5.91. The number of benzene rings is 1. The van der Waals surface area contributed by atoms with E-state index in [1.54, 1.807) is 19.2 Å². The lowest BCUT2D eigenvalue weighted by atomic mass is 9.64. The van der Waals surface area contributed by atoms with Gasteiger partial charge in [0, 0.05) is 29.1 Å². The zero-order chi connectivity index (χ0) is 15.6. The Morgan fingerprint density at radius 2 is 2.24 bits per heavy atom. The molecule has 116 valence electrons. The number of ether oxygens (including phenoxy) is 1. The average molecular weight is 293 g/mol. The number of hydrogen-bond donors (Lipinski definition) is 4. The molecule has 1 fully saturated rings. The zero-order valence-corrected chi connectivity index (χ0v) is 12.6. The highest BCUT2D eigenvalue weighted by molar-refractivity contribution is 5.97. The number of amidine groups is 1. The van der Waals surface area contributed by atoms with E-state index < -0.39 is 0 Å². The van der Waals surface area contributed by atoms with Gasteiger partial charge in [0.15, 0.2) is 5.84 Å². The van der Waals surface area contributed by atoms with Gasteiger partial charge in [0.2, 0.25) is 0 Å².